The number of carbonyl (C=O) groups excluding carboxylic acids is 1. The van der Waals surface area contributed by atoms with E-state index >= 15 is 0 Å². The molecular formula is C16H19BN2O2. The highest BCUT2D eigenvalue weighted by Crippen LogP contribution is 2.36. The smallest absolute Gasteiger partial charge is 0.374 e. The second-order valence-electron chi connectivity index (χ2n) is 5.42. The van der Waals surface area contributed by atoms with Gasteiger partial charge in [0.15, 0.2) is 0 Å². The van der Waals surface area contributed by atoms with Crippen molar-refractivity contribution in [2.24, 2.45) is 0 Å². The standard InChI is InChI=1S/C16H19BN2O2/c1-3-12(10-15(20)21-2)17-18-13-8-4-6-11-7-5-9-14(19-17)16(11)13/h4-9,12,18-19H,3,10H2,1-2H3/t12-/m0/s1. The SMILES string of the molecule is CC[C@@H](CC(=O)OC)B1Nc2cccc3cccc(c23)N1. The number of ether oxygens (including phenoxy) is 1. The molecule has 1 aliphatic heterocycles. The van der Waals surface area contributed by atoms with Crippen LogP contribution in [-0.4, -0.2) is 20.1 Å². The molecule has 2 aromatic carbocycles. The van der Waals surface area contributed by atoms with Crippen LogP contribution >= 0.6 is 0 Å². The Balaban J connectivity index is 1.91. The molecule has 0 radical (unpaired) electrons. The minimum Gasteiger partial charge on any atom is -0.469 e. The number of carbonyl (C=O) groups is 1. The van der Waals surface area contributed by atoms with Gasteiger partial charge in [-0.2, -0.15) is 0 Å². The van der Waals surface area contributed by atoms with Crippen molar-refractivity contribution >= 4 is 35.1 Å². The fourth-order valence-corrected chi connectivity index (χ4v) is 2.98. The predicted octanol–water partition coefficient (Wildman–Crippen LogP) is 3.51. The Hall–Kier alpha value is -2.17. The highest BCUT2D eigenvalue weighted by molar-refractivity contribution is 6.69. The van der Waals surface area contributed by atoms with E-state index in [1.54, 1.807) is 0 Å². The number of anilines is 2. The van der Waals surface area contributed by atoms with Crippen molar-refractivity contribution in [2.45, 2.75) is 25.6 Å². The first-order valence-corrected chi connectivity index (χ1v) is 7.34. The zero-order chi connectivity index (χ0) is 14.8. The van der Waals surface area contributed by atoms with Crippen LogP contribution in [0.25, 0.3) is 10.8 Å². The van der Waals surface area contributed by atoms with Gasteiger partial charge in [-0.05, 0) is 23.3 Å². The number of esters is 1. The molecule has 0 saturated heterocycles. The third kappa shape index (κ3) is 2.56. The Kier molecular flexibility index (Phi) is 3.73. The molecule has 21 heavy (non-hydrogen) atoms. The maximum atomic E-state index is 11.6. The number of benzene rings is 2. The fourth-order valence-electron chi connectivity index (χ4n) is 2.98. The van der Waals surface area contributed by atoms with E-state index in [0.717, 1.165) is 17.8 Å². The molecule has 0 unspecified atom stereocenters. The van der Waals surface area contributed by atoms with Crippen LogP contribution in [0.5, 0.6) is 0 Å². The number of hydrogen-bond donors (Lipinski definition) is 2. The zero-order valence-electron chi connectivity index (χ0n) is 12.3. The van der Waals surface area contributed by atoms with Gasteiger partial charge in [-0.1, -0.05) is 37.6 Å². The van der Waals surface area contributed by atoms with Crippen LogP contribution in [0.3, 0.4) is 0 Å². The van der Waals surface area contributed by atoms with Gasteiger partial charge in [0.25, 0.3) is 0 Å². The van der Waals surface area contributed by atoms with Crippen LogP contribution in [0.2, 0.25) is 5.82 Å². The Morgan fingerprint density at radius 2 is 1.81 bits per heavy atom. The molecule has 0 spiro atoms. The molecule has 0 amide bonds. The van der Waals surface area contributed by atoms with E-state index in [2.05, 4.69) is 53.8 Å². The summed E-state index contributed by atoms with van der Waals surface area (Å²) in [6, 6.07) is 12.5. The van der Waals surface area contributed by atoms with Gasteiger partial charge in [-0.3, -0.25) is 4.79 Å². The number of hydrogen-bond acceptors (Lipinski definition) is 4. The molecule has 2 N–H and O–H groups in total. The summed E-state index contributed by atoms with van der Waals surface area (Å²) < 4.78 is 4.81. The summed E-state index contributed by atoms with van der Waals surface area (Å²) in [6.45, 7) is 2.13. The molecule has 0 fully saturated rings. The van der Waals surface area contributed by atoms with Gasteiger partial charge < -0.3 is 15.2 Å². The van der Waals surface area contributed by atoms with Crippen LogP contribution in [0.1, 0.15) is 19.8 Å². The summed E-state index contributed by atoms with van der Waals surface area (Å²) in [6.07, 6.45) is 1.31. The first-order chi connectivity index (χ1) is 10.2. The van der Waals surface area contributed by atoms with Gasteiger partial charge in [0.05, 0.1) is 7.11 Å². The van der Waals surface area contributed by atoms with Gasteiger partial charge in [0, 0.05) is 23.2 Å². The van der Waals surface area contributed by atoms with Gasteiger partial charge in [-0.25, -0.2) is 0 Å². The maximum absolute atomic E-state index is 11.6. The lowest BCUT2D eigenvalue weighted by atomic mass is 9.58. The highest BCUT2D eigenvalue weighted by atomic mass is 16.5. The quantitative estimate of drug-likeness (QED) is 0.665. The van der Waals surface area contributed by atoms with Crippen molar-refractivity contribution in [3.05, 3.63) is 36.4 Å². The number of rotatable bonds is 4. The Morgan fingerprint density at radius 3 is 2.33 bits per heavy atom. The lowest BCUT2D eigenvalue weighted by molar-refractivity contribution is -0.140. The van der Waals surface area contributed by atoms with E-state index in [4.69, 9.17) is 4.74 Å². The maximum Gasteiger partial charge on any atom is 0.374 e. The third-order valence-corrected chi connectivity index (χ3v) is 4.18. The largest absolute Gasteiger partial charge is 0.469 e. The van der Waals surface area contributed by atoms with Crippen LogP contribution in [-0.2, 0) is 9.53 Å². The summed E-state index contributed by atoms with van der Waals surface area (Å²) >= 11 is 0. The lowest BCUT2D eigenvalue weighted by Crippen LogP contribution is -2.42. The Bertz CT molecular complexity index is 634. The van der Waals surface area contributed by atoms with Crippen LogP contribution in [0.15, 0.2) is 36.4 Å². The summed E-state index contributed by atoms with van der Waals surface area (Å²) in [7, 11) is 1.44. The second kappa shape index (κ2) is 5.68. The molecular weight excluding hydrogens is 263 g/mol. The minimum atomic E-state index is -0.164. The van der Waals surface area contributed by atoms with E-state index in [9.17, 15) is 4.79 Å². The van der Waals surface area contributed by atoms with Crippen molar-refractivity contribution in [1.29, 1.82) is 0 Å². The van der Waals surface area contributed by atoms with Crippen molar-refractivity contribution in [2.75, 3.05) is 17.6 Å². The molecule has 0 saturated carbocycles. The van der Waals surface area contributed by atoms with Crippen LogP contribution in [0.4, 0.5) is 11.4 Å². The lowest BCUT2D eigenvalue weighted by Gasteiger charge is -2.30. The first-order valence-electron chi connectivity index (χ1n) is 7.34. The van der Waals surface area contributed by atoms with Crippen LogP contribution in [0, 0.1) is 0 Å². The third-order valence-electron chi connectivity index (χ3n) is 4.18. The van der Waals surface area contributed by atoms with E-state index in [1.165, 1.54) is 17.9 Å². The molecule has 3 rings (SSSR count). The van der Waals surface area contributed by atoms with E-state index in [1.807, 2.05) is 0 Å². The number of methoxy groups -OCH3 is 1. The molecule has 4 nitrogen and oxygen atoms in total. The summed E-state index contributed by atoms with van der Waals surface area (Å²) in [5, 5.41) is 9.47. The average Bonchev–Trinajstić information content (AvgIpc) is 2.52. The monoisotopic (exact) mass is 282 g/mol. The van der Waals surface area contributed by atoms with Crippen molar-refractivity contribution in [1.82, 2.24) is 0 Å². The van der Waals surface area contributed by atoms with Crippen molar-refractivity contribution in [3.63, 3.8) is 0 Å². The molecule has 1 atom stereocenters. The molecule has 0 aromatic heterocycles. The molecule has 0 aliphatic carbocycles. The van der Waals surface area contributed by atoms with E-state index < -0.39 is 0 Å². The topological polar surface area (TPSA) is 50.4 Å². The normalized spacial score (nSPS) is 14.3. The molecule has 5 heteroatoms. The summed E-state index contributed by atoms with van der Waals surface area (Å²) in [4.78, 5) is 11.6. The van der Waals surface area contributed by atoms with E-state index in [0.29, 0.717) is 6.42 Å². The van der Waals surface area contributed by atoms with Crippen molar-refractivity contribution in [3.8, 4) is 0 Å². The van der Waals surface area contributed by atoms with Crippen molar-refractivity contribution < 1.29 is 9.53 Å². The molecule has 1 heterocycles. The van der Waals surface area contributed by atoms with Gasteiger partial charge in [-0.15, -0.1) is 0 Å². The molecule has 1 aliphatic rings. The number of nitrogens with one attached hydrogen (secondary N) is 2. The zero-order valence-corrected chi connectivity index (χ0v) is 12.3. The second-order valence-corrected chi connectivity index (χ2v) is 5.42. The molecule has 108 valence electrons. The predicted molar refractivity (Wildman–Crippen MR) is 87.6 cm³/mol. The summed E-state index contributed by atoms with van der Waals surface area (Å²) in [5.74, 6) is 0.0172. The average molecular weight is 282 g/mol. The van der Waals surface area contributed by atoms with Crippen LogP contribution < -0.4 is 10.5 Å². The highest BCUT2D eigenvalue weighted by Gasteiger charge is 2.32. The summed E-state index contributed by atoms with van der Waals surface area (Å²) in [5.41, 5.74) is 2.24. The Morgan fingerprint density at radius 1 is 1.19 bits per heavy atom. The van der Waals surface area contributed by atoms with Gasteiger partial charge in [0.2, 0.25) is 0 Å². The van der Waals surface area contributed by atoms with Gasteiger partial charge in [0.1, 0.15) is 0 Å². The molecule has 0 bridgehead atoms. The first kappa shape index (κ1) is 13.8. The van der Waals surface area contributed by atoms with Gasteiger partial charge >= 0.3 is 13.0 Å². The minimum absolute atomic E-state index is 0.0367. The fraction of sp³-hybridized carbons (Fsp3) is 0.312. The van der Waals surface area contributed by atoms with E-state index in [-0.39, 0.29) is 18.8 Å². The molecule has 2 aromatic rings. The Labute approximate surface area is 125 Å².